The molecular weight excluding hydrogens is 392 g/mol. The topological polar surface area (TPSA) is 96.8 Å². The van der Waals surface area contributed by atoms with Gasteiger partial charge in [0.2, 0.25) is 5.91 Å². The van der Waals surface area contributed by atoms with E-state index in [1.165, 1.54) is 6.33 Å². The van der Waals surface area contributed by atoms with E-state index in [0.717, 1.165) is 11.3 Å². The number of para-hydroxylation sites is 1. The largest absolute Gasteiger partial charge is 0.339 e. The third-order valence-corrected chi connectivity index (χ3v) is 5.50. The maximum absolute atomic E-state index is 12.7. The highest BCUT2D eigenvalue weighted by atomic mass is 16.2. The van der Waals surface area contributed by atoms with E-state index in [2.05, 4.69) is 20.1 Å². The molecule has 4 rings (SSSR count). The Hall–Kier alpha value is -3.81. The molecule has 1 amide bonds. The van der Waals surface area contributed by atoms with Gasteiger partial charge in [0.1, 0.15) is 18.5 Å². The third-order valence-electron chi connectivity index (χ3n) is 5.50. The summed E-state index contributed by atoms with van der Waals surface area (Å²) in [7, 11) is 1.81. The zero-order chi connectivity index (χ0) is 21.8. The molecule has 158 valence electrons. The number of carbonyl (C=O) groups excluding carboxylic acids is 1. The van der Waals surface area contributed by atoms with Crippen LogP contribution in [0.5, 0.6) is 0 Å². The van der Waals surface area contributed by atoms with Gasteiger partial charge in [0.15, 0.2) is 0 Å². The summed E-state index contributed by atoms with van der Waals surface area (Å²) in [6, 6.07) is 15.1. The van der Waals surface area contributed by atoms with E-state index in [1.54, 1.807) is 22.0 Å². The lowest BCUT2D eigenvalue weighted by Crippen LogP contribution is -2.29. The number of nitrogens with zero attached hydrogens (tertiary/aromatic N) is 5. The minimum atomic E-state index is -0.146. The molecule has 0 aliphatic heterocycles. The number of aryl methyl sites for hydroxylation is 1. The Balaban J connectivity index is 1.34. The maximum atomic E-state index is 12.7. The number of aromatic amines is 1. The number of rotatable bonds is 7. The Kier molecular flexibility index (Phi) is 5.88. The van der Waals surface area contributed by atoms with E-state index < -0.39 is 0 Å². The predicted octanol–water partition coefficient (Wildman–Crippen LogP) is 3.05. The molecule has 8 nitrogen and oxygen atoms in total. The van der Waals surface area contributed by atoms with E-state index in [0.29, 0.717) is 36.0 Å². The van der Waals surface area contributed by atoms with Crippen molar-refractivity contribution in [2.45, 2.75) is 32.2 Å². The monoisotopic (exact) mass is 416 g/mol. The first kappa shape index (κ1) is 20.5. The molecule has 2 aromatic carbocycles. The molecule has 2 aromatic heterocycles. The van der Waals surface area contributed by atoms with E-state index in [-0.39, 0.29) is 17.5 Å². The summed E-state index contributed by atoms with van der Waals surface area (Å²) in [5.41, 5.74) is 2.49. The Morgan fingerprint density at radius 1 is 1.16 bits per heavy atom. The van der Waals surface area contributed by atoms with Crippen molar-refractivity contribution >= 4 is 16.8 Å². The van der Waals surface area contributed by atoms with Crippen molar-refractivity contribution in [3.63, 3.8) is 0 Å². The second-order valence-corrected chi connectivity index (χ2v) is 7.50. The summed E-state index contributed by atoms with van der Waals surface area (Å²) in [6.07, 6.45) is 4.68. The molecule has 31 heavy (non-hydrogen) atoms. The molecule has 4 aromatic rings. The molecule has 0 aliphatic carbocycles. The highest BCUT2D eigenvalue weighted by Gasteiger charge is 2.17. The molecular formula is C23H24N6O2. The van der Waals surface area contributed by atoms with Crippen molar-refractivity contribution in [1.82, 2.24) is 29.6 Å². The third kappa shape index (κ3) is 4.53. The second kappa shape index (κ2) is 8.91. The van der Waals surface area contributed by atoms with Crippen LogP contribution in [0.2, 0.25) is 0 Å². The lowest BCUT2D eigenvalue weighted by atomic mass is 10.1. The number of benzene rings is 2. The number of nitrogens with one attached hydrogen (secondary N) is 1. The first-order valence-corrected chi connectivity index (χ1v) is 10.2. The number of hydrogen-bond donors (Lipinski definition) is 1. The van der Waals surface area contributed by atoms with Crippen LogP contribution in [-0.4, -0.2) is 42.6 Å². The Morgan fingerprint density at radius 3 is 2.68 bits per heavy atom. The molecule has 0 unspecified atom stereocenters. The van der Waals surface area contributed by atoms with Crippen molar-refractivity contribution in [3.8, 4) is 5.69 Å². The lowest BCUT2D eigenvalue weighted by molar-refractivity contribution is -0.131. The molecule has 1 N–H and O–H groups in total. The van der Waals surface area contributed by atoms with Crippen molar-refractivity contribution in [1.29, 1.82) is 0 Å². The van der Waals surface area contributed by atoms with Crippen LogP contribution in [0.4, 0.5) is 0 Å². The number of hydrogen-bond acceptors (Lipinski definition) is 5. The minimum Gasteiger partial charge on any atom is -0.339 e. The van der Waals surface area contributed by atoms with Crippen LogP contribution in [0.1, 0.15) is 37.2 Å². The van der Waals surface area contributed by atoms with E-state index in [1.807, 2.05) is 56.4 Å². The zero-order valence-corrected chi connectivity index (χ0v) is 17.5. The van der Waals surface area contributed by atoms with Crippen molar-refractivity contribution in [2.75, 3.05) is 7.05 Å². The molecule has 0 aliphatic rings. The number of amides is 1. The average Bonchev–Trinajstić information content (AvgIpc) is 3.33. The number of carbonyl (C=O) groups is 1. The molecule has 0 saturated heterocycles. The Morgan fingerprint density at radius 2 is 1.94 bits per heavy atom. The van der Waals surface area contributed by atoms with Crippen molar-refractivity contribution in [3.05, 3.63) is 82.9 Å². The van der Waals surface area contributed by atoms with Gasteiger partial charge in [0.05, 0.1) is 22.6 Å². The van der Waals surface area contributed by atoms with Crippen LogP contribution in [0.3, 0.4) is 0 Å². The summed E-state index contributed by atoms with van der Waals surface area (Å²) in [4.78, 5) is 37.9. The minimum absolute atomic E-state index is 0.0518. The molecule has 0 saturated carbocycles. The molecule has 0 fully saturated rings. The van der Waals surface area contributed by atoms with Gasteiger partial charge in [0.25, 0.3) is 5.56 Å². The predicted molar refractivity (Wildman–Crippen MR) is 118 cm³/mol. The fourth-order valence-corrected chi connectivity index (χ4v) is 3.52. The normalized spacial score (nSPS) is 12.1. The smallest absolute Gasteiger partial charge is 0.258 e. The Labute approximate surface area is 179 Å². The van der Waals surface area contributed by atoms with Crippen LogP contribution >= 0.6 is 0 Å². The molecule has 1 atom stereocenters. The molecule has 0 spiro atoms. The van der Waals surface area contributed by atoms with Crippen LogP contribution in [0.25, 0.3) is 16.6 Å². The molecule has 2 heterocycles. The first-order chi connectivity index (χ1) is 15.0. The van der Waals surface area contributed by atoms with E-state index >= 15 is 0 Å². The van der Waals surface area contributed by atoms with Gasteiger partial charge in [-0.25, -0.2) is 14.6 Å². The number of aromatic nitrogens is 5. The van der Waals surface area contributed by atoms with Gasteiger partial charge in [-0.2, -0.15) is 5.10 Å². The summed E-state index contributed by atoms with van der Waals surface area (Å²) in [5, 5.41) is 4.69. The highest BCUT2D eigenvalue weighted by Crippen LogP contribution is 2.21. The highest BCUT2D eigenvalue weighted by molar-refractivity contribution is 5.77. The van der Waals surface area contributed by atoms with E-state index in [9.17, 15) is 9.59 Å². The lowest BCUT2D eigenvalue weighted by Gasteiger charge is -2.25. The Bertz CT molecular complexity index is 1230. The maximum Gasteiger partial charge on any atom is 0.258 e. The number of H-pyrrole nitrogens is 1. The van der Waals surface area contributed by atoms with Gasteiger partial charge >= 0.3 is 0 Å². The van der Waals surface area contributed by atoms with Gasteiger partial charge in [-0.3, -0.25) is 9.59 Å². The fraction of sp³-hybridized carbons (Fsp3) is 0.261. The van der Waals surface area contributed by atoms with Gasteiger partial charge in [-0.15, -0.1) is 0 Å². The van der Waals surface area contributed by atoms with Gasteiger partial charge < -0.3 is 9.88 Å². The van der Waals surface area contributed by atoms with Crippen LogP contribution in [0.15, 0.2) is 66.0 Å². The summed E-state index contributed by atoms with van der Waals surface area (Å²) >= 11 is 0. The fourth-order valence-electron chi connectivity index (χ4n) is 3.52. The van der Waals surface area contributed by atoms with Crippen molar-refractivity contribution in [2.24, 2.45) is 0 Å². The molecule has 8 heteroatoms. The number of fused-ring (bicyclic) bond motifs is 1. The molecule has 0 radical (unpaired) electrons. The second-order valence-electron chi connectivity index (χ2n) is 7.50. The quantitative estimate of drug-likeness (QED) is 0.499. The van der Waals surface area contributed by atoms with E-state index in [4.69, 9.17) is 0 Å². The van der Waals surface area contributed by atoms with Crippen LogP contribution < -0.4 is 5.56 Å². The first-order valence-electron chi connectivity index (χ1n) is 10.2. The summed E-state index contributed by atoms with van der Waals surface area (Å²) in [6.45, 7) is 2.00. The van der Waals surface area contributed by atoms with Crippen LogP contribution in [-0.2, 0) is 11.2 Å². The average molecular weight is 416 g/mol. The van der Waals surface area contributed by atoms with Gasteiger partial charge in [-0.1, -0.05) is 24.3 Å². The zero-order valence-electron chi connectivity index (χ0n) is 17.5. The SMILES string of the molecule is C[C@H](c1ccc(-n2cncn2)cc1)N(C)C(=O)CCCc1nc2ccccc2c(=O)[nH]1. The van der Waals surface area contributed by atoms with Gasteiger partial charge in [0, 0.05) is 19.9 Å². The standard InChI is InChI=1S/C23H24N6O2/c1-16(17-10-12-18(13-11-17)29-15-24-14-25-29)28(2)22(30)9-5-8-21-26-20-7-4-3-6-19(20)23(31)27-21/h3-4,6-7,10-16H,5,8-9H2,1-2H3,(H,26,27,31)/t16-/m1/s1. The van der Waals surface area contributed by atoms with Gasteiger partial charge in [-0.05, 0) is 43.2 Å². The summed E-state index contributed by atoms with van der Waals surface area (Å²) in [5.74, 6) is 0.659. The van der Waals surface area contributed by atoms with Crippen molar-refractivity contribution < 1.29 is 4.79 Å². The summed E-state index contributed by atoms with van der Waals surface area (Å²) < 4.78 is 1.69. The van der Waals surface area contributed by atoms with Crippen LogP contribution in [0, 0.1) is 0 Å². The molecule has 0 bridgehead atoms.